The Labute approximate surface area is 337 Å². The van der Waals surface area contributed by atoms with Gasteiger partial charge in [0, 0.05) is 12.8 Å². The zero-order valence-corrected chi connectivity index (χ0v) is 35.6. The molecule has 0 unspecified atom stereocenters. The molecule has 7 heteroatoms. The Morgan fingerprint density at radius 1 is 0.491 bits per heavy atom. The molecular formula is C48H83NO6. The molecule has 0 spiro atoms. The molecule has 0 heterocycles. The van der Waals surface area contributed by atoms with Crippen LogP contribution in [-0.4, -0.2) is 37.2 Å². The van der Waals surface area contributed by atoms with Crippen molar-refractivity contribution in [1.82, 2.24) is 0 Å². The Balaban J connectivity index is 2.29. The van der Waals surface area contributed by atoms with Crippen molar-refractivity contribution in [3.05, 3.63) is 41.6 Å². The highest BCUT2D eigenvalue weighted by atomic mass is 16.6. The van der Waals surface area contributed by atoms with Crippen LogP contribution in [0.3, 0.4) is 0 Å². The SMILES string of the molecule is CCCCCCCCCCCCCCCCCC(=O)OC[C@H](COC(=O)/C(N)=C/c1ccccc1)OC(=O)CCCCCCCCCCCCCCCCC. The van der Waals surface area contributed by atoms with Gasteiger partial charge in [-0.15, -0.1) is 0 Å². The molecule has 1 aromatic rings. The largest absolute Gasteiger partial charge is 0.462 e. The topological polar surface area (TPSA) is 105 Å². The minimum Gasteiger partial charge on any atom is -0.462 e. The van der Waals surface area contributed by atoms with Crippen molar-refractivity contribution in [2.45, 2.75) is 225 Å². The summed E-state index contributed by atoms with van der Waals surface area (Å²) in [5, 5.41) is 0. The summed E-state index contributed by atoms with van der Waals surface area (Å²) < 4.78 is 16.5. The number of unbranched alkanes of at least 4 members (excludes halogenated alkanes) is 28. The van der Waals surface area contributed by atoms with Crippen molar-refractivity contribution >= 4 is 24.0 Å². The Kier molecular flexibility index (Phi) is 34.7. The second kappa shape index (κ2) is 38.1. The van der Waals surface area contributed by atoms with Crippen molar-refractivity contribution < 1.29 is 28.6 Å². The first kappa shape index (κ1) is 50.2. The van der Waals surface area contributed by atoms with E-state index in [1.165, 1.54) is 160 Å². The van der Waals surface area contributed by atoms with Gasteiger partial charge >= 0.3 is 17.9 Å². The van der Waals surface area contributed by atoms with Crippen molar-refractivity contribution in [1.29, 1.82) is 0 Å². The molecule has 55 heavy (non-hydrogen) atoms. The molecule has 7 nitrogen and oxygen atoms in total. The van der Waals surface area contributed by atoms with E-state index in [4.69, 9.17) is 19.9 Å². The number of benzene rings is 1. The highest BCUT2D eigenvalue weighted by molar-refractivity contribution is 5.92. The number of hydrogen-bond donors (Lipinski definition) is 1. The summed E-state index contributed by atoms with van der Waals surface area (Å²) >= 11 is 0. The van der Waals surface area contributed by atoms with E-state index in [-0.39, 0.29) is 37.3 Å². The molecule has 316 valence electrons. The van der Waals surface area contributed by atoms with Gasteiger partial charge < -0.3 is 19.9 Å². The van der Waals surface area contributed by atoms with Gasteiger partial charge in [0.25, 0.3) is 0 Å². The highest BCUT2D eigenvalue weighted by Gasteiger charge is 2.20. The van der Waals surface area contributed by atoms with Crippen LogP contribution < -0.4 is 5.73 Å². The predicted molar refractivity (Wildman–Crippen MR) is 229 cm³/mol. The average molecular weight is 770 g/mol. The molecule has 0 aliphatic carbocycles. The third kappa shape index (κ3) is 33.1. The van der Waals surface area contributed by atoms with Crippen LogP contribution in [0.1, 0.15) is 225 Å². The molecule has 1 atom stereocenters. The van der Waals surface area contributed by atoms with Crippen molar-refractivity contribution in [3.8, 4) is 0 Å². The number of nitrogens with two attached hydrogens (primary N) is 1. The van der Waals surface area contributed by atoms with Gasteiger partial charge in [0.2, 0.25) is 0 Å². The zero-order valence-electron chi connectivity index (χ0n) is 35.6. The lowest BCUT2D eigenvalue weighted by Gasteiger charge is -2.18. The van der Waals surface area contributed by atoms with E-state index in [0.29, 0.717) is 6.42 Å². The molecule has 0 aliphatic rings. The van der Waals surface area contributed by atoms with Gasteiger partial charge in [-0.05, 0) is 24.5 Å². The van der Waals surface area contributed by atoms with E-state index in [1.54, 1.807) is 0 Å². The van der Waals surface area contributed by atoms with Crippen LogP contribution >= 0.6 is 0 Å². The summed E-state index contributed by atoms with van der Waals surface area (Å²) in [4.78, 5) is 37.9. The fourth-order valence-electron chi connectivity index (χ4n) is 6.94. The Morgan fingerprint density at radius 2 is 0.836 bits per heavy atom. The third-order valence-corrected chi connectivity index (χ3v) is 10.5. The second-order valence-corrected chi connectivity index (χ2v) is 15.8. The Hall–Kier alpha value is -2.83. The summed E-state index contributed by atoms with van der Waals surface area (Å²) in [6.07, 6.45) is 39.1. The number of rotatable bonds is 39. The maximum atomic E-state index is 12.7. The monoisotopic (exact) mass is 770 g/mol. The van der Waals surface area contributed by atoms with Crippen LogP contribution in [0.25, 0.3) is 6.08 Å². The fourth-order valence-corrected chi connectivity index (χ4v) is 6.94. The van der Waals surface area contributed by atoms with Gasteiger partial charge in [-0.2, -0.15) is 0 Å². The van der Waals surface area contributed by atoms with Crippen molar-refractivity contribution in [2.24, 2.45) is 5.73 Å². The Morgan fingerprint density at radius 3 is 1.24 bits per heavy atom. The lowest BCUT2D eigenvalue weighted by atomic mass is 10.0. The molecular weight excluding hydrogens is 687 g/mol. The summed E-state index contributed by atoms with van der Waals surface area (Å²) in [5.41, 5.74) is 6.69. The summed E-state index contributed by atoms with van der Waals surface area (Å²) in [6, 6.07) is 9.26. The molecule has 0 saturated carbocycles. The van der Waals surface area contributed by atoms with E-state index in [2.05, 4.69) is 13.8 Å². The molecule has 0 bridgehead atoms. The van der Waals surface area contributed by atoms with Gasteiger partial charge in [0.05, 0.1) is 0 Å². The van der Waals surface area contributed by atoms with Crippen LogP contribution in [0.15, 0.2) is 36.0 Å². The predicted octanol–water partition coefficient (Wildman–Crippen LogP) is 13.5. The number of carbonyl (C=O) groups is 3. The summed E-state index contributed by atoms with van der Waals surface area (Å²) in [6.45, 7) is 4.14. The van der Waals surface area contributed by atoms with E-state index >= 15 is 0 Å². The lowest BCUT2D eigenvalue weighted by molar-refractivity contribution is -0.165. The van der Waals surface area contributed by atoms with Gasteiger partial charge in [-0.1, -0.05) is 224 Å². The number of hydrogen-bond acceptors (Lipinski definition) is 7. The van der Waals surface area contributed by atoms with E-state index in [9.17, 15) is 14.4 Å². The first-order chi connectivity index (χ1) is 27.0. The molecule has 1 rings (SSSR count). The molecule has 0 aromatic heterocycles. The molecule has 2 N–H and O–H groups in total. The second-order valence-electron chi connectivity index (χ2n) is 15.8. The maximum absolute atomic E-state index is 12.7. The first-order valence-corrected chi connectivity index (χ1v) is 23.0. The quantitative estimate of drug-likeness (QED) is 0.0308. The van der Waals surface area contributed by atoms with Crippen molar-refractivity contribution in [3.63, 3.8) is 0 Å². The fraction of sp³-hybridized carbons (Fsp3) is 0.771. The van der Waals surface area contributed by atoms with Crippen LogP contribution in [0.4, 0.5) is 0 Å². The van der Waals surface area contributed by atoms with Gasteiger partial charge in [-0.25, -0.2) is 4.79 Å². The summed E-state index contributed by atoms with van der Waals surface area (Å²) in [5.74, 6) is -1.41. The molecule has 0 fully saturated rings. The number of esters is 3. The zero-order chi connectivity index (χ0) is 39.9. The van der Waals surface area contributed by atoms with Crippen LogP contribution in [-0.2, 0) is 28.6 Å². The van der Waals surface area contributed by atoms with E-state index < -0.39 is 12.1 Å². The highest BCUT2D eigenvalue weighted by Crippen LogP contribution is 2.16. The molecule has 0 aliphatic heterocycles. The average Bonchev–Trinajstić information content (AvgIpc) is 3.19. The van der Waals surface area contributed by atoms with Crippen LogP contribution in [0.2, 0.25) is 0 Å². The Bertz CT molecular complexity index is 1070. The summed E-state index contributed by atoms with van der Waals surface area (Å²) in [7, 11) is 0. The van der Waals surface area contributed by atoms with Crippen LogP contribution in [0.5, 0.6) is 0 Å². The van der Waals surface area contributed by atoms with Gasteiger partial charge in [0.15, 0.2) is 6.10 Å². The first-order valence-electron chi connectivity index (χ1n) is 23.0. The normalized spacial score (nSPS) is 12.1. The number of carbonyl (C=O) groups excluding carboxylic acids is 3. The third-order valence-electron chi connectivity index (χ3n) is 10.5. The minimum atomic E-state index is -0.887. The molecule has 1 aromatic carbocycles. The molecule has 0 radical (unpaired) electrons. The maximum Gasteiger partial charge on any atom is 0.354 e. The lowest BCUT2D eigenvalue weighted by Crippen LogP contribution is -2.31. The van der Waals surface area contributed by atoms with E-state index in [1.807, 2.05) is 30.3 Å². The van der Waals surface area contributed by atoms with Gasteiger partial charge in [0.1, 0.15) is 18.9 Å². The number of ether oxygens (including phenoxy) is 3. The van der Waals surface area contributed by atoms with E-state index in [0.717, 1.165) is 44.1 Å². The smallest absolute Gasteiger partial charge is 0.354 e. The molecule has 0 amide bonds. The molecule has 0 saturated heterocycles. The van der Waals surface area contributed by atoms with Crippen molar-refractivity contribution in [2.75, 3.05) is 13.2 Å². The van der Waals surface area contributed by atoms with Gasteiger partial charge in [-0.3, -0.25) is 9.59 Å². The van der Waals surface area contributed by atoms with Crippen LogP contribution in [0, 0.1) is 0 Å². The minimum absolute atomic E-state index is 0.0563. The standard InChI is InChI=1S/C48H83NO6/c1-3-5-7-9-11-13-15-17-19-21-23-25-27-29-34-38-46(50)53-41-44(42-54-48(52)45(49)40-43-36-32-31-33-37-43)55-47(51)39-35-30-28-26-24-22-20-18-16-14-12-10-8-6-4-2/h31-33,36-37,40,44H,3-30,34-35,38-39,41-42,49H2,1-2H3/b45-40-/t44-/m1/s1.